The zero-order chi connectivity index (χ0) is 8.32. The van der Waals surface area contributed by atoms with Crippen molar-refractivity contribution in [2.75, 3.05) is 12.4 Å². The Bertz CT molecular complexity index is 152. The number of aliphatic hydroxyl groups is 1. The van der Waals surface area contributed by atoms with Crippen molar-refractivity contribution in [1.29, 1.82) is 0 Å². The van der Waals surface area contributed by atoms with E-state index in [4.69, 9.17) is 5.11 Å². The Labute approximate surface area is 72.9 Å². The molecule has 1 atom stereocenters. The fourth-order valence-electron chi connectivity index (χ4n) is 1.46. The minimum Gasteiger partial charge on any atom is -0.392 e. The maximum absolute atomic E-state index is 8.60. The predicted molar refractivity (Wildman–Crippen MR) is 50.9 cm³/mol. The average Bonchev–Trinajstić information content (AvgIpc) is 2.25. The van der Waals surface area contributed by atoms with Gasteiger partial charge in [-0.2, -0.15) is 11.8 Å². The van der Waals surface area contributed by atoms with Gasteiger partial charge in [0.25, 0.3) is 0 Å². The first-order chi connectivity index (χ1) is 5.17. The molecule has 1 heterocycles. The summed E-state index contributed by atoms with van der Waals surface area (Å²) in [6.45, 7) is 4.73. The van der Waals surface area contributed by atoms with Crippen LogP contribution in [0.25, 0.3) is 0 Å². The van der Waals surface area contributed by atoms with Gasteiger partial charge < -0.3 is 5.11 Å². The van der Waals surface area contributed by atoms with E-state index in [9.17, 15) is 0 Å². The van der Waals surface area contributed by atoms with Gasteiger partial charge in [-0.25, -0.2) is 0 Å². The van der Waals surface area contributed by atoms with Crippen molar-refractivity contribution >= 4 is 11.8 Å². The number of aliphatic hydroxyl groups excluding tert-OH is 1. The van der Waals surface area contributed by atoms with Crippen LogP contribution in [0, 0.1) is 5.92 Å². The molecule has 64 valence electrons. The zero-order valence-corrected chi connectivity index (χ0v) is 8.03. The highest BCUT2D eigenvalue weighted by Gasteiger charge is 2.32. The van der Waals surface area contributed by atoms with Gasteiger partial charge in [0.2, 0.25) is 0 Å². The van der Waals surface area contributed by atoms with Gasteiger partial charge >= 0.3 is 0 Å². The molecule has 1 aliphatic heterocycles. The summed E-state index contributed by atoms with van der Waals surface area (Å²) in [4.78, 5) is 0. The minimum absolute atomic E-state index is 0.178. The van der Waals surface area contributed by atoms with Crippen molar-refractivity contribution in [3.05, 3.63) is 12.2 Å². The van der Waals surface area contributed by atoms with Crippen LogP contribution in [0.5, 0.6) is 0 Å². The standard InChI is InChI=1S/C9H16OS/c1-9(2)8(4-3-6-10)5-7-11-9/h3-4,8,10H,5-7H2,1-2H3/b4-3+. The van der Waals surface area contributed by atoms with E-state index in [1.807, 2.05) is 17.8 Å². The van der Waals surface area contributed by atoms with E-state index < -0.39 is 0 Å². The summed E-state index contributed by atoms with van der Waals surface area (Å²) < 4.78 is 0.381. The lowest BCUT2D eigenvalue weighted by atomic mass is 9.92. The minimum atomic E-state index is 0.178. The molecule has 1 N–H and O–H groups in total. The number of rotatable bonds is 2. The molecular weight excluding hydrogens is 156 g/mol. The molecule has 0 amide bonds. The maximum atomic E-state index is 8.60. The average molecular weight is 172 g/mol. The molecule has 0 aromatic carbocycles. The predicted octanol–water partition coefficient (Wildman–Crippen LogP) is 2.07. The molecule has 0 aliphatic carbocycles. The zero-order valence-electron chi connectivity index (χ0n) is 7.21. The summed E-state index contributed by atoms with van der Waals surface area (Å²) in [5.41, 5.74) is 0. The van der Waals surface area contributed by atoms with Gasteiger partial charge in [0, 0.05) is 4.75 Å². The number of thioether (sulfide) groups is 1. The van der Waals surface area contributed by atoms with E-state index in [0.717, 1.165) is 0 Å². The van der Waals surface area contributed by atoms with Gasteiger partial charge in [0.15, 0.2) is 0 Å². The van der Waals surface area contributed by atoms with Crippen LogP contribution in [0.3, 0.4) is 0 Å². The summed E-state index contributed by atoms with van der Waals surface area (Å²) in [7, 11) is 0. The Morgan fingerprint density at radius 2 is 2.36 bits per heavy atom. The van der Waals surface area contributed by atoms with Crippen LogP contribution in [0.15, 0.2) is 12.2 Å². The van der Waals surface area contributed by atoms with Crippen molar-refractivity contribution < 1.29 is 5.11 Å². The molecule has 0 spiro atoms. The smallest absolute Gasteiger partial charge is 0.0612 e. The van der Waals surface area contributed by atoms with Gasteiger partial charge in [-0.3, -0.25) is 0 Å². The summed E-state index contributed by atoms with van der Waals surface area (Å²) in [6, 6.07) is 0. The van der Waals surface area contributed by atoms with E-state index in [1.165, 1.54) is 12.2 Å². The van der Waals surface area contributed by atoms with Gasteiger partial charge in [-0.05, 0) is 18.1 Å². The molecule has 2 heteroatoms. The third kappa shape index (κ3) is 2.24. The highest BCUT2D eigenvalue weighted by Crippen LogP contribution is 2.42. The molecule has 1 rings (SSSR count). The largest absolute Gasteiger partial charge is 0.392 e. The number of hydrogen-bond donors (Lipinski definition) is 1. The molecule has 0 saturated carbocycles. The lowest BCUT2D eigenvalue weighted by Gasteiger charge is -2.22. The molecule has 1 aliphatic rings. The molecule has 1 fully saturated rings. The Morgan fingerprint density at radius 3 is 2.82 bits per heavy atom. The first-order valence-electron chi connectivity index (χ1n) is 4.08. The van der Waals surface area contributed by atoms with Gasteiger partial charge in [-0.1, -0.05) is 26.0 Å². The van der Waals surface area contributed by atoms with Crippen LogP contribution >= 0.6 is 11.8 Å². The highest BCUT2D eigenvalue weighted by atomic mass is 32.2. The Balaban J connectivity index is 2.51. The molecule has 11 heavy (non-hydrogen) atoms. The molecule has 1 saturated heterocycles. The van der Waals surface area contributed by atoms with Crippen LogP contribution in [0.2, 0.25) is 0 Å². The molecule has 0 bridgehead atoms. The first kappa shape index (κ1) is 9.14. The molecule has 0 aromatic heterocycles. The second-order valence-corrected chi connectivity index (χ2v) is 5.21. The highest BCUT2D eigenvalue weighted by molar-refractivity contribution is 8.00. The SMILES string of the molecule is CC1(C)SCCC1/C=C/CO. The molecule has 0 aromatic rings. The second kappa shape index (κ2) is 3.63. The second-order valence-electron chi connectivity index (χ2n) is 3.46. The van der Waals surface area contributed by atoms with Crippen LogP contribution in [-0.2, 0) is 0 Å². The topological polar surface area (TPSA) is 20.2 Å². The number of allylic oxidation sites excluding steroid dienone is 1. The third-order valence-corrected chi connectivity index (χ3v) is 3.76. The fraction of sp³-hybridized carbons (Fsp3) is 0.778. The van der Waals surface area contributed by atoms with Gasteiger partial charge in [0.1, 0.15) is 0 Å². The van der Waals surface area contributed by atoms with Crippen LogP contribution in [0.1, 0.15) is 20.3 Å². The Hall–Kier alpha value is 0.0500. The van der Waals surface area contributed by atoms with E-state index in [1.54, 1.807) is 0 Å². The summed E-state index contributed by atoms with van der Waals surface area (Å²) in [6.07, 6.45) is 5.27. The van der Waals surface area contributed by atoms with E-state index in [2.05, 4.69) is 19.9 Å². The Morgan fingerprint density at radius 1 is 1.64 bits per heavy atom. The normalized spacial score (nSPS) is 29.9. The van der Waals surface area contributed by atoms with E-state index >= 15 is 0 Å². The monoisotopic (exact) mass is 172 g/mol. The summed E-state index contributed by atoms with van der Waals surface area (Å²) in [5, 5.41) is 8.60. The van der Waals surface area contributed by atoms with E-state index in [-0.39, 0.29) is 6.61 Å². The fourth-order valence-corrected chi connectivity index (χ4v) is 2.77. The van der Waals surface area contributed by atoms with Crippen molar-refractivity contribution in [2.45, 2.75) is 25.0 Å². The lowest BCUT2D eigenvalue weighted by molar-refractivity contribution is 0.341. The molecule has 0 radical (unpaired) electrons. The van der Waals surface area contributed by atoms with Crippen molar-refractivity contribution in [3.8, 4) is 0 Å². The van der Waals surface area contributed by atoms with Gasteiger partial charge in [-0.15, -0.1) is 0 Å². The van der Waals surface area contributed by atoms with Crippen molar-refractivity contribution in [1.82, 2.24) is 0 Å². The third-order valence-electron chi connectivity index (χ3n) is 2.27. The summed E-state index contributed by atoms with van der Waals surface area (Å²) in [5.74, 6) is 1.91. The molecule has 1 unspecified atom stereocenters. The van der Waals surface area contributed by atoms with Crippen LogP contribution < -0.4 is 0 Å². The van der Waals surface area contributed by atoms with Crippen molar-refractivity contribution in [2.24, 2.45) is 5.92 Å². The maximum Gasteiger partial charge on any atom is 0.0612 e. The quantitative estimate of drug-likeness (QED) is 0.643. The molecular formula is C9H16OS. The molecule has 1 nitrogen and oxygen atoms in total. The van der Waals surface area contributed by atoms with E-state index in [0.29, 0.717) is 10.7 Å². The lowest BCUT2D eigenvalue weighted by Crippen LogP contribution is -2.19. The van der Waals surface area contributed by atoms with Crippen LogP contribution in [0.4, 0.5) is 0 Å². The summed E-state index contributed by atoms with van der Waals surface area (Å²) >= 11 is 2.03. The Kier molecular flexibility index (Phi) is 3.02. The first-order valence-corrected chi connectivity index (χ1v) is 5.07. The number of hydrogen-bond acceptors (Lipinski definition) is 2. The van der Waals surface area contributed by atoms with Crippen molar-refractivity contribution in [3.63, 3.8) is 0 Å². The van der Waals surface area contributed by atoms with Gasteiger partial charge in [0.05, 0.1) is 6.61 Å². The van der Waals surface area contributed by atoms with Crippen LogP contribution in [-0.4, -0.2) is 22.2 Å².